The summed E-state index contributed by atoms with van der Waals surface area (Å²) in [6.07, 6.45) is 1.80. The van der Waals surface area contributed by atoms with E-state index in [1.165, 1.54) is 56.8 Å². The molecule has 9 amide bonds. The van der Waals surface area contributed by atoms with E-state index in [-0.39, 0.29) is 56.4 Å². The molecule has 83 heavy (non-hydrogen) atoms. The molecule has 1 aromatic heterocycles. The lowest BCUT2D eigenvalue weighted by Crippen LogP contribution is -2.63. The molecule has 4 aromatic rings. The zero-order valence-corrected chi connectivity index (χ0v) is 49.4. The van der Waals surface area contributed by atoms with Crippen LogP contribution in [0, 0.1) is 5.92 Å². The number of aromatic amines is 1. The van der Waals surface area contributed by atoms with Crippen molar-refractivity contribution in [3.63, 3.8) is 0 Å². The minimum Gasteiger partial charge on any atom is -0.481 e. The maximum absolute atomic E-state index is 14.9. The molecule has 6 atom stereocenters. The summed E-state index contributed by atoms with van der Waals surface area (Å²) in [5.41, 5.74) is 4.62. The van der Waals surface area contributed by atoms with Gasteiger partial charge in [0.15, 0.2) is 0 Å². The molecule has 0 spiro atoms. The van der Waals surface area contributed by atoms with Crippen molar-refractivity contribution < 1.29 is 67.4 Å². The zero-order chi connectivity index (χ0) is 61.4. The van der Waals surface area contributed by atoms with Gasteiger partial charge in [-0.25, -0.2) is 0 Å². The van der Waals surface area contributed by atoms with Crippen molar-refractivity contribution in [2.24, 2.45) is 11.7 Å². The maximum atomic E-state index is 14.9. The molecule has 0 bridgehead atoms. The van der Waals surface area contributed by atoms with E-state index in [4.69, 9.17) is 17.3 Å². The Labute approximate surface area is 489 Å². The molecular formula is C56H74ClN10O14PS. The van der Waals surface area contributed by atoms with E-state index >= 15 is 0 Å². The predicted octanol–water partition coefficient (Wildman–Crippen LogP) is 2.15. The number of carboxylic acid groups (broad SMARTS) is 1. The van der Waals surface area contributed by atoms with Crippen molar-refractivity contribution in [2.45, 2.75) is 146 Å². The first kappa shape index (κ1) is 66.5. The molecule has 1 aliphatic carbocycles. The van der Waals surface area contributed by atoms with Crippen LogP contribution in [0.3, 0.4) is 0 Å². The minimum atomic E-state index is -4.49. The Hall–Kier alpha value is -7.31. The number of H-pyrrole nitrogens is 1. The van der Waals surface area contributed by atoms with Gasteiger partial charge in [0.25, 0.3) is 0 Å². The van der Waals surface area contributed by atoms with Gasteiger partial charge in [0.1, 0.15) is 47.3 Å². The first-order valence-corrected chi connectivity index (χ1v) is 30.4. The van der Waals surface area contributed by atoms with Crippen molar-refractivity contribution >= 4 is 101 Å². The van der Waals surface area contributed by atoms with Gasteiger partial charge in [-0.05, 0) is 98.3 Å². The number of primary amides is 1. The number of aromatic nitrogens is 1. The summed E-state index contributed by atoms with van der Waals surface area (Å²) in [6.45, 7) is 7.61. The SMILES string of the molecule is CSCC[C@H](NC(=O)[C@H](Cc1ccccc1)NC(C)=O)C(=O)NC(C)(C)C(=O)N[C@@H](Cc1ccc(CP(=O)(O)O)cc1)C(=O)N[C@@H](Cc1c[nH]c2cc(Cl)ccc12)C(=O)N[C@@H](CCC(=O)O)C(=O)NC1(C(=O)N[C@@H](CC(C)C)C(N)=O)CC1. The smallest absolute Gasteiger partial charge is 0.329 e. The second-order valence-corrected chi connectivity index (χ2v) is 24.7. The third kappa shape index (κ3) is 20.8. The Morgan fingerprint density at radius 3 is 1.81 bits per heavy atom. The van der Waals surface area contributed by atoms with Crippen LogP contribution >= 0.6 is 31.0 Å². The average Bonchev–Trinajstić information content (AvgIpc) is 2.77. The summed E-state index contributed by atoms with van der Waals surface area (Å²) in [5, 5.41) is 31.9. The predicted molar refractivity (Wildman–Crippen MR) is 311 cm³/mol. The van der Waals surface area contributed by atoms with E-state index in [1.807, 2.05) is 13.8 Å². The van der Waals surface area contributed by atoms with Crippen molar-refractivity contribution in [1.29, 1.82) is 0 Å². The Bertz CT molecular complexity index is 3060. The fourth-order valence-corrected chi connectivity index (χ4v) is 10.4. The lowest BCUT2D eigenvalue weighted by molar-refractivity contribution is -0.139. The number of thioether (sulfide) groups is 1. The van der Waals surface area contributed by atoms with Crippen molar-refractivity contribution in [3.8, 4) is 0 Å². The number of hydrogen-bond donors (Lipinski definition) is 13. The number of carbonyl (C=O) groups is 10. The molecule has 1 heterocycles. The highest BCUT2D eigenvalue weighted by Gasteiger charge is 2.52. The number of nitrogens with two attached hydrogens (primary N) is 1. The summed E-state index contributed by atoms with van der Waals surface area (Å²) >= 11 is 7.67. The fraction of sp³-hybridized carbons (Fsp3) is 0.464. The quantitative estimate of drug-likeness (QED) is 0.0312. The van der Waals surface area contributed by atoms with Crippen LogP contribution in [0.2, 0.25) is 5.02 Å². The Balaban J connectivity index is 1.46. The van der Waals surface area contributed by atoms with Crippen molar-refractivity contribution in [3.05, 3.63) is 106 Å². The molecule has 24 nitrogen and oxygen atoms in total. The number of aliphatic carboxylic acids is 1. The van der Waals surface area contributed by atoms with Crippen LogP contribution in [-0.2, 0) is 77.9 Å². The van der Waals surface area contributed by atoms with Gasteiger partial charge in [0.2, 0.25) is 53.2 Å². The molecule has 3 aromatic carbocycles. The highest BCUT2D eigenvalue weighted by atomic mass is 35.5. The molecule has 5 rings (SSSR count). The third-order valence-electron chi connectivity index (χ3n) is 13.7. The topological polar surface area (TPSA) is 387 Å². The summed E-state index contributed by atoms with van der Waals surface area (Å²) < 4.78 is 11.8. The van der Waals surface area contributed by atoms with Gasteiger partial charge in [0.05, 0.1) is 6.16 Å². The minimum absolute atomic E-state index is 0.0392. The van der Waals surface area contributed by atoms with Gasteiger partial charge < -0.3 is 68.1 Å². The number of halogens is 1. The van der Waals surface area contributed by atoms with Crippen LogP contribution in [0.1, 0.15) is 95.4 Å². The molecular weight excluding hydrogens is 1140 g/mol. The number of carbonyl (C=O) groups excluding carboxylic acids is 9. The molecule has 1 fully saturated rings. The van der Waals surface area contributed by atoms with Gasteiger partial charge in [-0.3, -0.25) is 52.5 Å². The van der Waals surface area contributed by atoms with Crippen molar-refractivity contribution in [1.82, 2.24) is 47.5 Å². The van der Waals surface area contributed by atoms with Crippen LogP contribution in [0.4, 0.5) is 0 Å². The third-order valence-corrected chi connectivity index (χ3v) is 15.3. The normalized spacial score (nSPS) is 15.0. The highest BCUT2D eigenvalue weighted by Crippen LogP contribution is 2.39. The molecule has 14 N–H and O–H groups in total. The number of hydrogen-bond acceptors (Lipinski definition) is 12. The van der Waals surface area contributed by atoms with Crippen LogP contribution in [-0.4, -0.2) is 138 Å². The number of rotatable bonds is 32. The first-order valence-electron chi connectivity index (χ1n) is 26.8. The van der Waals surface area contributed by atoms with Crippen LogP contribution in [0.5, 0.6) is 0 Å². The van der Waals surface area contributed by atoms with Crippen LogP contribution in [0.25, 0.3) is 10.9 Å². The van der Waals surface area contributed by atoms with Gasteiger partial charge in [0, 0.05) is 54.7 Å². The van der Waals surface area contributed by atoms with E-state index in [0.717, 1.165) is 5.56 Å². The monoisotopic (exact) mass is 1210 g/mol. The zero-order valence-electron chi connectivity index (χ0n) is 47.0. The van der Waals surface area contributed by atoms with Gasteiger partial charge in [-0.15, -0.1) is 0 Å². The van der Waals surface area contributed by atoms with E-state index in [9.17, 15) is 67.4 Å². The van der Waals surface area contributed by atoms with Gasteiger partial charge in [-0.1, -0.05) is 86.1 Å². The van der Waals surface area contributed by atoms with Crippen LogP contribution in [0.15, 0.2) is 79.0 Å². The maximum Gasteiger partial charge on any atom is 0.329 e. The first-order chi connectivity index (χ1) is 39.0. The number of fused-ring (bicyclic) bond motifs is 1. The largest absolute Gasteiger partial charge is 0.481 e. The van der Waals surface area contributed by atoms with E-state index in [2.05, 4.69) is 47.5 Å². The Kier molecular flexibility index (Phi) is 23.9. The van der Waals surface area contributed by atoms with Gasteiger partial charge in [-0.2, -0.15) is 11.8 Å². The molecule has 27 heteroatoms. The highest BCUT2D eigenvalue weighted by molar-refractivity contribution is 7.98. The van der Waals surface area contributed by atoms with Crippen LogP contribution < -0.4 is 48.3 Å². The second-order valence-electron chi connectivity index (χ2n) is 21.7. The van der Waals surface area contributed by atoms with Crippen molar-refractivity contribution in [2.75, 3.05) is 12.0 Å². The molecule has 1 aliphatic rings. The fourth-order valence-electron chi connectivity index (χ4n) is 9.04. The number of amides is 9. The Morgan fingerprint density at radius 2 is 1.27 bits per heavy atom. The lowest BCUT2D eigenvalue weighted by Gasteiger charge is -2.31. The molecule has 0 aliphatic heterocycles. The van der Waals surface area contributed by atoms with E-state index in [1.54, 1.807) is 61.0 Å². The second kappa shape index (κ2) is 29.8. The molecule has 450 valence electrons. The molecule has 0 unspecified atom stereocenters. The summed E-state index contributed by atoms with van der Waals surface area (Å²) in [4.78, 5) is 159. The van der Waals surface area contributed by atoms with E-state index in [0.29, 0.717) is 32.8 Å². The standard InChI is InChI=1S/C56H74ClN10O14PS/c1-31(2)24-42(47(58)71)64-54(78)56(21-22-56)67-52(76)39(18-19-46(69)70)61-50(74)45(27-36-29-59-41-28-37(57)16-17-38(36)41)63-49(73)44(26-34-12-14-35(15-13-34)30-82(79,80)81)65-53(77)55(4,5)66-51(75)40(20-23-83-6)62-48(72)43(60-32(3)68)25-33-10-8-7-9-11-33/h7-17,28-29,31,39-40,42-45,59H,18-27,30H2,1-6H3,(H2,58,71)(H,60,68)(H,61,74)(H,62,72)(H,63,73)(H,64,78)(H,65,77)(H,66,75)(H,67,76)(H,69,70)(H2,79,80,81)/t39-,40-,42-,43-,44-,45-/m0/s1. The number of nitrogens with one attached hydrogen (secondary N) is 9. The number of benzene rings is 3. The average molecular weight is 1210 g/mol. The Morgan fingerprint density at radius 1 is 0.711 bits per heavy atom. The molecule has 0 saturated heterocycles. The van der Waals surface area contributed by atoms with Gasteiger partial charge >= 0.3 is 13.6 Å². The molecule has 1 saturated carbocycles. The summed E-state index contributed by atoms with van der Waals surface area (Å²) in [6, 6.07) is 11.5. The lowest BCUT2D eigenvalue weighted by atomic mass is 9.98. The summed E-state index contributed by atoms with van der Waals surface area (Å²) in [5.74, 6) is -8.20. The summed E-state index contributed by atoms with van der Waals surface area (Å²) in [7, 11) is -4.49. The number of carboxylic acids is 1. The van der Waals surface area contributed by atoms with E-state index < -0.39 is 133 Å². The molecule has 0 radical (unpaired) electrons.